The molecule has 0 aromatic carbocycles. The van der Waals surface area contributed by atoms with Crippen molar-refractivity contribution in [2.24, 2.45) is 5.92 Å². The van der Waals surface area contributed by atoms with E-state index < -0.39 is 0 Å². The third-order valence-corrected chi connectivity index (χ3v) is 1.72. The summed E-state index contributed by atoms with van der Waals surface area (Å²) in [5.41, 5.74) is 1.84. The summed E-state index contributed by atoms with van der Waals surface area (Å²) in [6, 6.07) is 0. The molecule has 0 aliphatic heterocycles. The van der Waals surface area contributed by atoms with Gasteiger partial charge in [0.1, 0.15) is 11.4 Å². The number of fused-ring (bicyclic) bond motifs is 1. The summed E-state index contributed by atoms with van der Waals surface area (Å²) in [5, 5.41) is 10.5. The summed E-state index contributed by atoms with van der Waals surface area (Å²) < 4.78 is 0. The molecule has 0 bridgehead atoms. The van der Waals surface area contributed by atoms with E-state index >= 15 is 0 Å². The van der Waals surface area contributed by atoms with Crippen molar-refractivity contribution in [2.75, 3.05) is 0 Å². The molecular weight excluding hydrogens is 162 g/mol. The molecule has 0 saturated carbocycles. The Bertz CT molecular complexity index is 281. The number of rotatable bonds is 0. The number of nitrogens with zero attached hydrogens (tertiary/aromatic N) is 2. The average molecular weight is 177 g/mol. The van der Waals surface area contributed by atoms with Crippen LogP contribution < -0.4 is 0 Å². The fourth-order valence-electron chi connectivity index (χ4n) is 1.04. The number of aromatic amines is 1. The lowest BCUT2D eigenvalue weighted by Crippen LogP contribution is -1.78. The fourth-order valence-corrected chi connectivity index (χ4v) is 1.04. The number of nitrogens with one attached hydrogen (secondary N) is 1. The number of aromatic nitrogens is 3. The molecular formula is C10H15N3. The van der Waals surface area contributed by atoms with E-state index in [1.165, 1.54) is 0 Å². The Morgan fingerprint density at radius 1 is 1.08 bits per heavy atom. The van der Waals surface area contributed by atoms with Gasteiger partial charge >= 0.3 is 0 Å². The van der Waals surface area contributed by atoms with Gasteiger partial charge in [-0.15, -0.1) is 0 Å². The molecule has 0 saturated heterocycles. The summed E-state index contributed by atoms with van der Waals surface area (Å²) in [7, 11) is 0. The summed E-state index contributed by atoms with van der Waals surface area (Å²) in [6.45, 7) is 6.13. The van der Waals surface area contributed by atoms with Crippen molar-refractivity contribution < 1.29 is 0 Å². The summed E-state index contributed by atoms with van der Waals surface area (Å²) in [6.07, 6.45) is 8.18. The first kappa shape index (κ1) is 9.71. The molecule has 1 aliphatic rings. The van der Waals surface area contributed by atoms with Crippen molar-refractivity contribution in [3.05, 3.63) is 23.5 Å². The van der Waals surface area contributed by atoms with Crippen LogP contribution in [0.25, 0.3) is 12.2 Å². The van der Waals surface area contributed by atoms with Crippen LogP contribution in [0.1, 0.15) is 32.2 Å². The molecule has 1 aromatic rings. The second-order valence-electron chi connectivity index (χ2n) is 2.67. The maximum absolute atomic E-state index is 3.98. The SMILES string of the molecule is CC.CC1C=Cc2n[nH]nc2C=C1. The molecule has 1 aromatic heterocycles. The lowest BCUT2D eigenvalue weighted by molar-refractivity contribution is 0.924. The molecule has 3 heteroatoms. The summed E-state index contributed by atoms with van der Waals surface area (Å²) >= 11 is 0. The predicted molar refractivity (Wildman–Crippen MR) is 55.0 cm³/mol. The van der Waals surface area contributed by atoms with Gasteiger partial charge in [-0.25, -0.2) is 0 Å². The molecule has 1 N–H and O–H groups in total. The second kappa shape index (κ2) is 4.60. The first-order valence-corrected chi connectivity index (χ1v) is 4.63. The van der Waals surface area contributed by atoms with Gasteiger partial charge in [0.05, 0.1) is 0 Å². The predicted octanol–water partition coefficient (Wildman–Crippen LogP) is 2.51. The Labute approximate surface area is 78.6 Å². The van der Waals surface area contributed by atoms with Crippen LogP contribution in [-0.2, 0) is 0 Å². The van der Waals surface area contributed by atoms with Gasteiger partial charge in [0, 0.05) is 0 Å². The lowest BCUT2D eigenvalue weighted by atomic mass is 10.2. The minimum Gasteiger partial charge on any atom is -0.197 e. The standard InChI is InChI=1S/C8H9N3.C2H6/c1-6-2-4-7-8(5-3-6)10-11-9-7;1-2/h2-6H,1H3,(H,9,10,11);1-2H3. The molecule has 13 heavy (non-hydrogen) atoms. The highest BCUT2D eigenvalue weighted by molar-refractivity contribution is 5.61. The highest BCUT2D eigenvalue weighted by Gasteiger charge is 2.04. The monoisotopic (exact) mass is 177 g/mol. The van der Waals surface area contributed by atoms with Gasteiger partial charge in [-0.2, -0.15) is 15.4 Å². The van der Waals surface area contributed by atoms with Crippen molar-refractivity contribution in [3.63, 3.8) is 0 Å². The molecule has 0 fully saturated rings. The van der Waals surface area contributed by atoms with Crippen LogP contribution in [-0.4, -0.2) is 15.4 Å². The van der Waals surface area contributed by atoms with Crippen LogP contribution in [0.4, 0.5) is 0 Å². The summed E-state index contributed by atoms with van der Waals surface area (Å²) in [4.78, 5) is 0. The molecule has 0 atom stereocenters. The van der Waals surface area contributed by atoms with Crippen LogP contribution in [0.15, 0.2) is 12.2 Å². The lowest BCUT2D eigenvalue weighted by Gasteiger charge is -1.90. The van der Waals surface area contributed by atoms with Crippen LogP contribution in [0.5, 0.6) is 0 Å². The smallest absolute Gasteiger partial charge is 0.112 e. The van der Waals surface area contributed by atoms with E-state index in [0.29, 0.717) is 5.92 Å². The highest BCUT2D eigenvalue weighted by atomic mass is 15.3. The zero-order valence-corrected chi connectivity index (χ0v) is 8.28. The Hall–Kier alpha value is -1.38. The van der Waals surface area contributed by atoms with E-state index in [0.717, 1.165) is 11.4 Å². The van der Waals surface area contributed by atoms with Crippen molar-refractivity contribution in [3.8, 4) is 0 Å². The fraction of sp³-hybridized carbons (Fsp3) is 0.400. The van der Waals surface area contributed by atoms with Crippen molar-refractivity contribution in [2.45, 2.75) is 20.8 Å². The number of allylic oxidation sites excluding steroid dienone is 2. The van der Waals surface area contributed by atoms with E-state index in [-0.39, 0.29) is 0 Å². The second-order valence-corrected chi connectivity index (χ2v) is 2.67. The van der Waals surface area contributed by atoms with Crippen LogP contribution in [0.2, 0.25) is 0 Å². The third-order valence-electron chi connectivity index (χ3n) is 1.72. The van der Waals surface area contributed by atoms with Gasteiger partial charge < -0.3 is 0 Å². The van der Waals surface area contributed by atoms with Gasteiger partial charge in [0.15, 0.2) is 0 Å². The highest BCUT2D eigenvalue weighted by Crippen LogP contribution is 2.14. The van der Waals surface area contributed by atoms with Gasteiger partial charge in [-0.05, 0) is 18.1 Å². The Morgan fingerprint density at radius 3 is 2.00 bits per heavy atom. The molecule has 0 amide bonds. The number of hydrogen-bond donors (Lipinski definition) is 1. The minimum absolute atomic E-state index is 0.478. The molecule has 1 heterocycles. The van der Waals surface area contributed by atoms with E-state index in [1.807, 2.05) is 26.0 Å². The maximum atomic E-state index is 3.98. The van der Waals surface area contributed by atoms with Crippen molar-refractivity contribution in [1.82, 2.24) is 15.4 Å². The normalized spacial score (nSPS) is 14.4. The molecule has 2 rings (SSSR count). The topological polar surface area (TPSA) is 41.6 Å². The van der Waals surface area contributed by atoms with Crippen molar-refractivity contribution in [1.29, 1.82) is 0 Å². The van der Waals surface area contributed by atoms with E-state index in [1.54, 1.807) is 0 Å². The molecule has 0 spiro atoms. The van der Waals surface area contributed by atoms with Crippen LogP contribution >= 0.6 is 0 Å². The third kappa shape index (κ3) is 2.28. The van der Waals surface area contributed by atoms with E-state index in [9.17, 15) is 0 Å². The Kier molecular flexibility index (Phi) is 3.43. The van der Waals surface area contributed by atoms with Gasteiger partial charge in [0.2, 0.25) is 0 Å². The van der Waals surface area contributed by atoms with Crippen molar-refractivity contribution >= 4 is 12.2 Å². The maximum Gasteiger partial charge on any atom is 0.112 e. The van der Waals surface area contributed by atoms with Crippen LogP contribution in [0.3, 0.4) is 0 Å². The number of H-pyrrole nitrogens is 1. The van der Waals surface area contributed by atoms with Gasteiger partial charge in [0.25, 0.3) is 0 Å². The van der Waals surface area contributed by atoms with Gasteiger partial charge in [-0.1, -0.05) is 32.9 Å². The zero-order valence-electron chi connectivity index (χ0n) is 8.28. The first-order chi connectivity index (χ1) is 6.36. The first-order valence-electron chi connectivity index (χ1n) is 4.63. The number of hydrogen-bond acceptors (Lipinski definition) is 2. The Balaban J connectivity index is 0.000000396. The van der Waals surface area contributed by atoms with E-state index in [2.05, 4.69) is 34.5 Å². The molecule has 0 unspecified atom stereocenters. The molecule has 1 aliphatic carbocycles. The molecule has 70 valence electrons. The molecule has 0 radical (unpaired) electrons. The quantitative estimate of drug-likeness (QED) is 0.661. The largest absolute Gasteiger partial charge is 0.197 e. The Morgan fingerprint density at radius 2 is 1.54 bits per heavy atom. The van der Waals surface area contributed by atoms with Gasteiger partial charge in [-0.3, -0.25) is 0 Å². The molecule has 3 nitrogen and oxygen atoms in total. The zero-order chi connectivity index (χ0) is 9.68. The van der Waals surface area contributed by atoms with Crippen LogP contribution in [0, 0.1) is 5.92 Å². The minimum atomic E-state index is 0.478. The summed E-state index contributed by atoms with van der Waals surface area (Å²) in [5.74, 6) is 0.478. The average Bonchev–Trinajstić information content (AvgIpc) is 2.56. The van der Waals surface area contributed by atoms with E-state index in [4.69, 9.17) is 0 Å².